The summed E-state index contributed by atoms with van der Waals surface area (Å²) in [5.74, 6) is -3.90. The topological polar surface area (TPSA) is 244 Å². The number of carbonyl (C=O) groups excluding carboxylic acids is 2. The Bertz CT molecular complexity index is 1700. The van der Waals surface area contributed by atoms with Crippen molar-refractivity contribution in [3.8, 4) is 6.07 Å². The number of pyridine rings is 1. The van der Waals surface area contributed by atoms with Crippen LogP contribution in [0.1, 0.15) is 24.6 Å². The van der Waals surface area contributed by atoms with Crippen LogP contribution in [0.4, 0.5) is 24.1 Å². The second-order valence-corrected chi connectivity index (χ2v) is 15.5. The predicted octanol–water partition coefficient (Wildman–Crippen LogP) is 2.22. The molecule has 18 nitrogen and oxygen atoms in total. The highest BCUT2D eigenvalue weighted by Gasteiger charge is 2.48. The molecule has 0 radical (unpaired) electrons. The van der Waals surface area contributed by atoms with E-state index in [-0.39, 0.29) is 27.4 Å². The maximum atomic E-state index is 13.5. The number of nitrogens with zero attached hydrogens (tertiary/aromatic N) is 3. The van der Waals surface area contributed by atoms with Gasteiger partial charge in [0.05, 0.1) is 11.4 Å². The summed E-state index contributed by atoms with van der Waals surface area (Å²) in [4.78, 5) is 27.3. The van der Waals surface area contributed by atoms with Crippen molar-refractivity contribution >= 4 is 58.1 Å². The molecule has 2 saturated heterocycles. The minimum absolute atomic E-state index is 0.00894. The lowest BCUT2D eigenvalue weighted by molar-refractivity contribution is -0.0793. The fourth-order valence-corrected chi connectivity index (χ4v) is 9.40. The molecule has 0 aromatic carbocycles. The first-order valence-electron chi connectivity index (χ1n) is 13.5. The van der Waals surface area contributed by atoms with Crippen LogP contribution < -0.4 is 5.32 Å². The van der Waals surface area contributed by atoms with Crippen LogP contribution in [0.3, 0.4) is 0 Å². The van der Waals surface area contributed by atoms with E-state index in [1.807, 2.05) is 6.07 Å². The minimum Gasteiger partial charge on any atom is -0.431 e. The van der Waals surface area contributed by atoms with Crippen LogP contribution in [0.2, 0.25) is 5.15 Å². The van der Waals surface area contributed by atoms with Crippen LogP contribution in [0.25, 0.3) is 11.0 Å². The lowest BCUT2D eigenvalue weighted by Crippen LogP contribution is -2.44. The monoisotopic (exact) mass is 730 g/mol. The van der Waals surface area contributed by atoms with Crippen molar-refractivity contribution in [3.63, 3.8) is 0 Å². The Morgan fingerprint density at radius 1 is 1.11 bits per heavy atom. The second kappa shape index (κ2) is 13.6. The molecule has 0 spiro atoms. The Morgan fingerprint density at radius 3 is 2.30 bits per heavy atom. The number of fused-ring (bicyclic) bond motifs is 1. The summed E-state index contributed by atoms with van der Waals surface area (Å²) in [5, 5.41) is 34.0. The van der Waals surface area contributed by atoms with E-state index in [9.17, 15) is 46.8 Å². The fraction of sp³-hybridized carbons (Fsp3) is 0.583. The number of sulfone groups is 1. The van der Waals surface area contributed by atoms with Gasteiger partial charge in [-0.2, -0.15) is 5.26 Å². The summed E-state index contributed by atoms with van der Waals surface area (Å²) in [6.07, 6.45) is -8.91. The van der Waals surface area contributed by atoms with Crippen LogP contribution in [0.5, 0.6) is 0 Å². The molecule has 2 aromatic heterocycles. The van der Waals surface area contributed by atoms with Gasteiger partial charge in [-0.25, -0.2) is 31.8 Å². The van der Waals surface area contributed by atoms with Crippen molar-refractivity contribution in [1.82, 2.24) is 9.55 Å². The van der Waals surface area contributed by atoms with Crippen LogP contribution in [0, 0.1) is 11.3 Å². The van der Waals surface area contributed by atoms with Crippen molar-refractivity contribution in [3.05, 3.63) is 23.0 Å². The molecule has 0 amide bonds. The number of ether oxygens (including phenoxy) is 5. The number of hydrogen-bond acceptors (Lipinski definition) is 17. The summed E-state index contributed by atoms with van der Waals surface area (Å²) in [7, 11) is -9.30. The highest BCUT2D eigenvalue weighted by atomic mass is 35.5. The van der Waals surface area contributed by atoms with E-state index in [1.54, 1.807) is 0 Å². The smallest absolute Gasteiger partial charge is 0.431 e. The molecule has 258 valence electrons. The number of hydrogen-bond donors (Lipinski definition) is 3. The number of anilines is 1. The van der Waals surface area contributed by atoms with Crippen molar-refractivity contribution < 1.29 is 74.3 Å². The highest BCUT2D eigenvalue weighted by Crippen LogP contribution is 2.50. The largest absolute Gasteiger partial charge is 0.510 e. The highest BCUT2D eigenvalue weighted by molar-refractivity contribution is 7.97. The SMILES string of the molecule is N#Cc1c(Cl)nc2c(ccn2[C@@H]2O[C@H](CS(=O)(=O)CP3(=O)OCOC(=O)OCCOC(=O)OCO3)[C@@H](O)[C@H]2O)c1NC1CC(F)(F)C1. The zero-order valence-electron chi connectivity index (χ0n) is 23.8. The third-order valence-corrected chi connectivity index (χ3v) is 12.1. The van der Waals surface area contributed by atoms with E-state index in [1.165, 1.54) is 16.8 Å². The Labute approximate surface area is 268 Å². The third-order valence-electron chi connectivity index (χ3n) is 7.13. The first-order chi connectivity index (χ1) is 22.1. The molecule has 4 heterocycles. The number of carbonyl (C=O) groups is 2. The standard InChI is InChI=1S/C24H26ClF2N4O14PS/c25-19-14(7-28)16(29-12-5-24(26,27)6-12)13-1-2-31(20(13)30-19)21-18(33)17(32)15(45-21)8-47(37,38)11-46(36)43-9-41-22(34)39-3-4-40-23(35)42-10-44-46/h1-2,12,15,17-18,21,32-33H,3-6,8-11H2,(H,29,30)/t15-,17-,18-,21-/m1/s1. The van der Waals surface area contributed by atoms with Gasteiger partial charge in [0, 0.05) is 30.5 Å². The van der Waals surface area contributed by atoms with Gasteiger partial charge in [-0.05, 0) is 6.07 Å². The third kappa shape index (κ3) is 8.04. The number of aliphatic hydroxyl groups is 2. The molecule has 1 saturated carbocycles. The molecule has 4 atom stereocenters. The van der Waals surface area contributed by atoms with E-state index in [0.29, 0.717) is 0 Å². The number of cyclic esters (lactones) is 4. The molecule has 23 heteroatoms. The summed E-state index contributed by atoms with van der Waals surface area (Å²) < 4.78 is 101. The van der Waals surface area contributed by atoms with Gasteiger partial charge >= 0.3 is 19.9 Å². The van der Waals surface area contributed by atoms with Gasteiger partial charge in [0.1, 0.15) is 48.8 Å². The minimum atomic E-state index is -4.74. The van der Waals surface area contributed by atoms with Crippen LogP contribution in [-0.2, 0) is 47.1 Å². The lowest BCUT2D eigenvalue weighted by Gasteiger charge is -2.36. The molecule has 3 aliphatic rings. The quantitative estimate of drug-likeness (QED) is 0.210. The summed E-state index contributed by atoms with van der Waals surface area (Å²) in [5.41, 5.74) is -1.37. The van der Waals surface area contributed by atoms with E-state index in [4.69, 9.17) is 25.4 Å². The molecule has 3 fully saturated rings. The summed E-state index contributed by atoms with van der Waals surface area (Å²) in [6.45, 7) is -2.98. The normalized spacial score (nSPS) is 27.1. The lowest BCUT2D eigenvalue weighted by atomic mass is 9.88. The van der Waals surface area contributed by atoms with Crippen LogP contribution in [-0.4, -0.2) is 109 Å². The van der Waals surface area contributed by atoms with E-state index in [2.05, 4.69) is 29.2 Å². The zero-order valence-corrected chi connectivity index (χ0v) is 26.3. The number of aromatic nitrogens is 2. The maximum absolute atomic E-state index is 13.5. The number of rotatable bonds is 7. The van der Waals surface area contributed by atoms with Crippen molar-refractivity contribution in [2.45, 2.75) is 49.3 Å². The average Bonchev–Trinajstić information content (AvgIpc) is 3.49. The van der Waals surface area contributed by atoms with Gasteiger partial charge in [0.2, 0.25) is 13.6 Å². The number of nitrogens with one attached hydrogen (secondary N) is 1. The predicted molar refractivity (Wildman–Crippen MR) is 150 cm³/mol. The molecular formula is C24H26ClF2N4O14PS. The molecular weight excluding hydrogens is 705 g/mol. The molecule has 5 rings (SSSR count). The molecule has 47 heavy (non-hydrogen) atoms. The molecule has 0 unspecified atom stereocenters. The zero-order chi connectivity index (χ0) is 34.1. The second-order valence-electron chi connectivity index (χ2n) is 10.5. The van der Waals surface area contributed by atoms with E-state index >= 15 is 0 Å². The fourth-order valence-electron chi connectivity index (χ4n) is 4.96. The van der Waals surface area contributed by atoms with Crippen molar-refractivity contribution in [2.24, 2.45) is 0 Å². The van der Waals surface area contributed by atoms with Crippen molar-refractivity contribution in [2.75, 3.05) is 43.4 Å². The summed E-state index contributed by atoms with van der Waals surface area (Å²) in [6, 6.07) is 2.64. The van der Waals surface area contributed by atoms with Crippen LogP contribution in [0.15, 0.2) is 12.3 Å². The van der Waals surface area contributed by atoms with Gasteiger partial charge in [0.15, 0.2) is 26.7 Å². The van der Waals surface area contributed by atoms with E-state index in [0.717, 1.165) is 0 Å². The molecule has 0 bridgehead atoms. The summed E-state index contributed by atoms with van der Waals surface area (Å²) >= 11 is 6.23. The van der Waals surface area contributed by atoms with Gasteiger partial charge in [-0.15, -0.1) is 0 Å². The van der Waals surface area contributed by atoms with Crippen LogP contribution >= 0.6 is 19.2 Å². The number of nitriles is 1. The van der Waals surface area contributed by atoms with Gasteiger partial charge in [-0.1, -0.05) is 11.6 Å². The Hall–Kier alpha value is -3.35. The first-order valence-corrected chi connectivity index (χ1v) is 17.5. The Morgan fingerprint density at radius 2 is 1.72 bits per heavy atom. The number of alkyl halides is 2. The number of aliphatic hydroxyl groups excluding tert-OH is 2. The Kier molecular flexibility index (Phi) is 10.1. The Balaban J connectivity index is 1.32. The van der Waals surface area contributed by atoms with Gasteiger partial charge < -0.3 is 43.8 Å². The molecule has 2 aromatic rings. The number of halogens is 3. The molecule has 3 N–H and O–H groups in total. The average molecular weight is 731 g/mol. The molecule has 2 aliphatic heterocycles. The maximum Gasteiger partial charge on any atom is 0.510 e. The molecule has 1 aliphatic carbocycles. The first kappa shape index (κ1) is 35.0. The van der Waals surface area contributed by atoms with Crippen molar-refractivity contribution in [1.29, 1.82) is 5.26 Å². The van der Waals surface area contributed by atoms with E-state index < -0.39 is 117 Å². The van der Waals surface area contributed by atoms with Gasteiger partial charge in [-0.3, -0.25) is 13.6 Å². The van der Waals surface area contributed by atoms with Gasteiger partial charge in [0.25, 0.3) is 5.92 Å².